The van der Waals surface area contributed by atoms with Crippen LogP contribution < -0.4 is 9.64 Å². The van der Waals surface area contributed by atoms with Gasteiger partial charge in [0.15, 0.2) is 0 Å². The summed E-state index contributed by atoms with van der Waals surface area (Å²) in [6, 6.07) is 4.12. The Morgan fingerprint density at radius 1 is 1.21 bits per heavy atom. The van der Waals surface area contributed by atoms with Crippen LogP contribution >= 0.6 is 11.8 Å². The van der Waals surface area contributed by atoms with Gasteiger partial charge < -0.3 is 9.64 Å². The number of imide groups is 1. The van der Waals surface area contributed by atoms with Gasteiger partial charge in [0.2, 0.25) is 0 Å². The number of fused-ring (bicyclic) bond motifs is 1. The van der Waals surface area contributed by atoms with Gasteiger partial charge in [-0.25, -0.2) is 0 Å². The van der Waals surface area contributed by atoms with Gasteiger partial charge in [-0.05, 0) is 63.6 Å². The van der Waals surface area contributed by atoms with Crippen molar-refractivity contribution < 1.29 is 14.3 Å². The quantitative estimate of drug-likeness (QED) is 0.639. The molecule has 0 radical (unpaired) electrons. The summed E-state index contributed by atoms with van der Waals surface area (Å²) in [7, 11) is 1.64. The first-order valence-corrected chi connectivity index (χ1v) is 10.5. The minimum absolute atomic E-state index is 0.0800. The second-order valence-corrected chi connectivity index (χ2v) is 8.66. The molecule has 0 aromatic heterocycles. The lowest BCUT2D eigenvalue weighted by Gasteiger charge is -2.43. The summed E-state index contributed by atoms with van der Waals surface area (Å²) in [6.07, 6.45) is 5.10. The number of carbonyl (C=O) groups excluding carboxylic acids is 2. The van der Waals surface area contributed by atoms with E-state index < -0.39 is 0 Å². The monoisotopic (exact) mass is 400 g/mol. The first-order valence-electron chi connectivity index (χ1n) is 9.68. The van der Waals surface area contributed by atoms with Crippen LogP contribution in [0.2, 0.25) is 0 Å². The highest BCUT2D eigenvalue weighted by Crippen LogP contribution is 2.43. The van der Waals surface area contributed by atoms with Gasteiger partial charge >= 0.3 is 0 Å². The zero-order chi connectivity index (χ0) is 20.6. The number of amides is 2. The van der Waals surface area contributed by atoms with Gasteiger partial charge in [-0.15, -0.1) is 0 Å². The summed E-state index contributed by atoms with van der Waals surface area (Å²) in [4.78, 5) is 28.6. The number of carbonyl (C=O) groups is 2. The number of nitrogens with zero attached hydrogens (tertiary/aromatic N) is 2. The van der Waals surface area contributed by atoms with Gasteiger partial charge in [-0.1, -0.05) is 13.0 Å². The predicted molar refractivity (Wildman–Crippen MR) is 117 cm³/mol. The molecule has 3 rings (SSSR count). The van der Waals surface area contributed by atoms with Crippen molar-refractivity contribution in [2.45, 2.75) is 46.6 Å². The predicted octanol–water partition coefficient (Wildman–Crippen LogP) is 5.16. The number of ether oxygens (including phenoxy) is 1. The Kier molecular flexibility index (Phi) is 5.62. The van der Waals surface area contributed by atoms with Gasteiger partial charge in [0.05, 0.1) is 17.6 Å². The maximum Gasteiger partial charge on any atom is 0.293 e. The van der Waals surface area contributed by atoms with Gasteiger partial charge in [0, 0.05) is 36.0 Å². The number of methoxy groups -OCH3 is 1. The van der Waals surface area contributed by atoms with Crippen molar-refractivity contribution in [1.82, 2.24) is 4.90 Å². The highest BCUT2D eigenvalue weighted by Gasteiger charge is 2.35. The molecule has 2 heterocycles. The van der Waals surface area contributed by atoms with E-state index in [1.807, 2.05) is 0 Å². The van der Waals surface area contributed by atoms with Crippen LogP contribution in [-0.4, -0.2) is 41.8 Å². The van der Waals surface area contributed by atoms with E-state index in [4.69, 9.17) is 4.74 Å². The zero-order valence-electron chi connectivity index (χ0n) is 17.5. The molecule has 0 N–H and O–H groups in total. The molecule has 0 bridgehead atoms. The molecule has 1 aromatic carbocycles. The molecule has 2 amide bonds. The van der Waals surface area contributed by atoms with Gasteiger partial charge in [0.25, 0.3) is 11.1 Å². The highest BCUT2D eigenvalue weighted by molar-refractivity contribution is 8.18. The van der Waals surface area contributed by atoms with Crippen LogP contribution in [0.5, 0.6) is 5.75 Å². The van der Waals surface area contributed by atoms with E-state index in [9.17, 15) is 9.59 Å². The fourth-order valence-electron chi connectivity index (χ4n) is 3.96. The zero-order valence-corrected chi connectivity index (χ0v) is 18.3. The SMILES string of the molecule is CCCN1c2cc(OC)c(/C=C3/SC(=O)N(CC)C3=O)cc2C(C)=CC1(C)C. The van der Waals surface area contributed by atoms with Crippen molar-refractivity contribution in [2.24, 2.45) is 0 Å². The number of allylic oxidation sites excluding steroid dienone is 1. The summed E-state index contributed by atoms with van der Waals surface area (Å²) in [5.74, 6) is 0.465. The molecule has 0 aliphatic carbocycles. The lowest BCUT2D eigenvalue weighted by atomic mass is 9.87. The standard InChI is InChI=1S/C22H28N2O3S/c1-7-9-24-17-12-18(27-6)15(10-16(17)14(3)13-22(24,4)5)11-19-20(25)23(8-2)21(26)28-19/h10-13H,7-9H2,1-6H3/b19-11+. The van der Waals surface area contributed by atoms with E-state index in [0.717, 1.165) is 41.5 Å². The van der Waals surface area contributed by atoms with Crippen LogP contribution in [0, 0.1) is 0 Å². The third-order valence-electron chi connectivity index (χ3n) is 5.25. The van der Waals surface area contributed by atoms with Gasteiger partial charge in [-0.3, -0.25) is 14.5 Å². The number of benzene rings is 1. The van der Waals surface area contributed by atoms with Gasteiger partial charge in [0.1, 0.15) is 5.75 Å². The maximum absolute atomic E-state index is 12.5. The van der Waals surface area contributed by atoms with E-state index in [1.54, 1.807) is 20.1 Å². The lowest BCUT2D eigenvalue weighted by molar-refractivity contribution is -0.122. The average molecular weight is 401 g/mol. The van der Waals surface area contributed by atoms with Crippen molar-refractivity contribution in [2.75, 3.05) is 25.1 Å². The van der Waals surface area contributed by atoms with Crippen molar-refractivity contribution >= 4 is 40.2 Å². The summed E-state index contributed by atoms with van der Waals surface area (Å²) in [5.41, 5.74) is 4.21. The summed E-state index contributed by atoms with van der Waals surface area (Å²) >= 11 is 0.985. The number of rotatable bonds is 5. The molecule has 28 heavy (non-hydrogen) atoms. The third kappa shape index (κ3) is 3.46. The normalized spacial score (nSPS) is 19.9. The van der Waals surface area contributed by atoms with E-state index >= 15 is 0 Å². The molecule has 150 valence electrons. The van der Waals surface area contributed by atoms with Crippen molar-refractivity contribution in [3.05, 3.63) is 34.2 Å². The van der Waals surface area contributed by atoms with Crippen LogP contribution in [0.3, 0.4) is 0 Å². The van der Waals surface area contributed by atoms with Crippen LogP contribution in [0.4, 0.5) is 10.5 Å². The molecule has 1 fully saturated rings. The fraction of sp³-hybridized carbons (Fsp3) is 0.455. The number of thioether (sulfide) groups is 1. The Balaban J connectivity index is 2.12. The van der Waals surface area contributed by atoms with Crippen LogP contribution in [-0.2, 0) is 4.79 Å². The Morgan fingerprint density at radius 3 is 2.50 bits per heavy atom. The highest BCUT2D eigenvalue weighted by atomic mass is 32.2. The molecular formula is C22H28N2O3S. The minimum Gasteiger partial charge on any atom is -0.496 e. The molecule has 5 nitrogen and oxygen atoms in total. The molecule has 2 aliphatic rings. The van der Waals surface area contributed by atoms with Crippen molar-refractivity contribution in [3.63, 3.8) is 0 Å². The maximum atomic E-state index is 12.5. The molecule has 0 saturated carbocycles. The second kappa shape index (κ2) is 7.66. The summed E-state index contributed by atoms with van der Waals surface area (Å²) in [5, 5.41) is -0.220. The molecule has 0 atom stereocenters. The molecule has 0 unspecified atom stereocenters. The molecular weight excluding hydrogens is 372 g/mol. The Labute approximate surface area is 171 Å². The van der Waals surface area contributed by atoms with E-state index in [0.29, 0.717) is 17.2 Å². The summed E-state index contributed by atoms with van der Waals surface area (Å²) < 4.78 is 5.66. The minimum atomic E-state index is -0.238. The molecule has 0 spiro atoms. The number of anilines is 1. The first-order chi connectivity index (χ1) is 13.2. The van der Waals surface area contributed by atoms with Crippen LogP contribution in [0.15, 0.2) is 23.1 Å². The Hall–Kier alpha value is -2.21. The molecule has 1 saturated heterocycles. The van der Waals surface area contributed by atoms with E-state index in [1.165, 1.54) is 10.5 Å². The number of hydrogen-bond donors (Lipinski definition) is 0. The third-order valence-corrected chi connectivity index (χ3v) is 6.16. The molecule has 2 aliphatic heterocycles. The lowest BCUT2D eigenvalue weighted by Crippen LogP contribution is -2.45. The number of likely N-dealkylation sites (N-methyl/N-ethyl adjacent to an activating group) is 1. The smallest absolute Gasteiger partial charge is 0.293 e. The van der Waals surface area contributed by atoms with Crippen molar-refractivity contribution in [3.8, 4) is 5.75 Å². The Bertz CT molecular complexity index is 886. The Morgan fingerprint density at radius 2 is 1.93 bits per heavy atom. The topological polar surface area (TPSA) is 49.9 Å². The van der Waals surface area contributed by atoms with Crippen LogP contribution in [0.25, 0.3) is 11.6 Å². The fourth-order valence-corrected chi connectivity index (χ4v) is 4.85. The molecule has 1 aromatic rings. The first kappa shape index (κ1) is 20.5. The van der Waals surface area contributed by atoms with Crippen molar-refractivity contribution in [1.29, 1.82) is 0 Å². The number of hydrogen-bond acceptors (Lipinski definition) is 5. The van der Waals surface area contributed by atoms with E-state index in [2.05, 4.69) is 50.8 Å². The summed E-state index contributed by atoms with van der Waals surface area (Å²) in [6.45, 7) is 11.9. The van der Waals surface area contributed by atoms with Crippen LogP contribution in [0.1, 0.15) is 52.2 Å². The second-order valence-electron chi connectivity index (χ2n) is 7.67. The van der Waals surface area contributed by atoms with E-state index in [-0.39, 0.29) is 16.7 Å². The molecule has 6 heteroatoms. The largest absolute Gasteiger partial charge is 0.496 e. The van der Waals surface area contributed by atoms with Gasteiger partial charge in [-0.2, -0.15) is 0 Å². The average Bonchev–Trinajstić information content (AvgIpc) is 2.90.